The third-order valence-corrected chi connectivity index (χ3v) is 7.06. The number of aromatic hydroxyl groups is 1. The molecule has 0 atom stereocenters. The van der Waals surface area contributed by atoms with Crippen molar-refractivity contribution in [1.29, 1.82) is 0 Å². The normalized spacial score (nSPS) is 14.2. The van der Waals surface area contributed by atoms with Crippen molar-refractivity contribution < 1.29 is 14.9 Å². The van der Waals surface area contributed by atoms with Gasteiger partial charge >= 0.3 is 0 Å². The second-order valence-corrected chi connectivity index (χ2v) is 8.96. The predicted octanol–water partition coefficient (Wildman–Crippen LogP) is 7.34. The first-order chi connectivity index (χ1) is 15.2. The number of hydrogen-bond acceptors (Lipinski definition) is 4. The molecular weight excluding hydrogens is 404 g/mol. The van der Waals surface area contributed by atoms with Gasteiger partial charge < -0.3 is 14.9 Å². The molecule has 1 aliphatic rings. The molecule has 4 aromatic rings. The first-order valence-electron chi connectivity index (χ1n) is 10.6. The lowest BCUT2D eigenvalue weighted by atomic mass is 9.78. The molecule has 3 aromatic carbocycles. The van der Waals surface area contributed by atoms with Gasteiger partial charge in [-0.05, 0) is 65.8 Å². The zero-order valence-corrected chi connectivity index (χ0v) is 17.9. The van der Waals surface area contributed by atoms with Crippen LogP contribution in [-0.2, 0) is 0 Å². The van der Waals surface area contributed by atoms with E-state index in [2.05, 4.69) is 24.3 Å². The highest BCUT2D eigenvalue weighted by molar-refractivity contribution is 7.22. The number of phenols is 1. The van der Waals surface area contributed by atoms with E-state index in [1.807, 2.05) is 42.5 Å². The lowest BCUT2D eigenvalue weighted by Crippen LogP contribution is -2.09. The maximum absolute atomic E-state index is 10.0. The van der Waals surface area contributed by atoms with Gasteiger partial charge in [0.15, 0.2) is 5.75 Å². The van der Waals surface area contributed by atoms with Gasteiger partial charge in [-0.2, -0.15) is 0 Å². The largest absolute Gasteiger partial charge is 0.508 e. The van der Waals surface area contributed by atoms with Crippen LogP contribution in [0.3, 0.4) is 0 Å². The number of thiophene rings is 1. The third-order valence-electron chi connectivity index (χ3n) is 5.89. The molecule has 0 saturated heterocycles. The minimum absolute atomic E-state index is 0.0236. The fourth-order valence-electron chi connectivity index (χ4n) is 4.07. The molecule has 0 amide bonds. The summed E-state index contributed by atoms with van der Waals surface area (Å²) >= 11 is 1.67. The van der Waals surface area contributed by atoms with Gasteiger partial charge in [-0.1, -0.05) is 55.0 Å². The molecule has 2 N–H and O–H groups in total. The number of fused-ring (bicyclic) bond motifs is 1. The van der Waals surface area contributed by atoms with Crippen LogP contribution < -0.4 is 4.74 Å². The van der Waals surface area contributed by atoms with Gasteiger partial charge in [0.2, 0.25) is 0 Å². The Bertz CT molecular complexity index is 1230. The molecule has 0 radical (unpaired) electrons. The summed E-state index contributed by atoms with van der Waals surface area (Å²) < 4.78 is 7.47. The van der Waals surface area contributed by atoms with Gasteiger partial charge in [-0.15, -0.1) is 11.3 Å². The fraction of sp³-hybridized carbons (Fsp3) is 0.185. The molecule has 1 saturated carbocycles. The second kappa shape index (κ2) is 8.58. The Morgan fingerprint density at radius 1 is 1.00 bits per heavy atom. The predicted molar refractivity (Wildman–Crippen MR) is 128 cm³/mol. The van der Waals surface area contributed by atoms with Crippen LogP contribution in [0.4, 0.5) is 0 Å². The number of rotatable bonds is 6. The van der Waals surface area contributed by atoms with E-state index in [9.17, 15) is 5.11 Å². The van der Waals surface area contributed by atoms with Gasteiger partial charge in [0.05, 0.1) is 11.5 Å². The zero-order valence-electron chi connectivity index (χ0n) is 17.1. The highest BCUT2D eigenvalue weighted by Gasteiger charge is 2.25. The summed E-state index contributed by atoms with van der Waals surface area (Å²) in [6.07, 6.45) is 7.36. The number of aliphatic hydroxyl groups excluding tert-OH is 1. The minimum Gasteiger partial charge on any atom is -0.508 e. The molecule has 0 bridgehead atoms. The summed E-state index contributed by atoms with van der Waals surface area (Å²) in [4.78, 5) is 1.10. The molecule has 1 heterocycles. The maximum Gasteiger partial charge on any atom is 0.153 e. The molecular formula is C27H24O3S. The van der Waals surface area contributed by atoms with Gasteiger partial charge in [0.1, 0.15) is 11.5 Å². The molecule has 0 unspecified atom stereocenters. The van der Waals surface area contributed by atoms with E-state index in [-0.39, 0.29) is 12.4 Å². The van der Waals surface area contributed by atoms with Crippen molar-refractivity contribution in [2.24, 2.45) is 0 Å². The number of benzene rings is 3. The Morgan fingerprint density at radius 2 is 1.81 bits per heavy atom. The van der Waals surface area contributed by atoms with Crippen LogP contribution in [-0.4, -0.2) is 16.8 Å². The van der Waals surface area contributed by atoms with Crippen LogP contribution in [0.1, 0.15) is 36.3 Å². The van der Waals surface area contributed by atoms with Crippen LogP contribution in [0, 0.1) is 0 Å². The SMILES string of the molecule is OC/C=C/c1ccc(Oc2c(-c3ccccc3C3CCC3)sc3cc(O)ccc23)cc1. The zero-order chi connectivity index (χ0) is 21.2. The average Bonchev–Trinajstić information content (AvgIpc) is 3.09. The molecule has 1 aliphatic carbocycles. The molecule has 156 valence electrons. The van der Waals surface area contributed by atoms with E-state index in [1.54, 1.807) is 23.5 Å². The van der Waals surface area contributed by atoms with Crippen LogP contribution in [0.2, 0.25) is 0 Å². The first-order valence-corrected chi connectivity index (χ1v) is 11.4. The molecule has 4 heteroatoms. The summed E-state index contributed by atoms with van der Waals surface area (Å²) in [6, 6.07) is 21.9. The van der Waals surface area contributed by atoms with Crippen molar-refractivity contribution in [3.63, 3.8) is 0 Å². The maximum atomic E-state index is 10.0. The smallest absolute Gasteiger partial charge is 0.153 e. The van der Waals surface area contributed by atoms with E-state index < -0.39 is 0 Å². The van der Waals surface area contributed by atoms with E-state index in [1.165, 1.54) is 30.4 Å². The molecule has 31 heavy (non-hydrogen) atoms. The van der Waals surface area contributed by atoms with Gasteiger partial charge in [0, 0.05) is 10.1 Å². The Morgan fingerprint density at radius 3 is 2.55 bits per heavy atom. The molecule has 0 spiro atoms. The van der Waals surface area contributed by atoms with Crippen LogP contribution in [0.15, 0.2) is 72.8 Å². The molecule has 1 aromatic heterocycles. The average molecular weight is 429 g/mol. The summed E-state index contributed by atoms with van der Waals surface area (Å²) in [6.45, 7) is 0.0236. The van der Waals surface area contributed by atoms with E-state index in [0.717, 1.165) is 32.0 Å². The summed E-state index contributed by atoms with van der Waals surface area (Å²) in [7, 11) is 0. The summed E-state index contributed by atoms with van der Waals surface area (Å²) in [5.41, 5.74) is 3.63. The molecule has 1 fully saturated rings. The Labute approximate surface area is 185 Å². The van der Waals surface area contributed by atoms with Gasteiger partial charge in [0.25, 0.3) is 0 Å². The van der Waals surface area contributed by atoms with E-state index in [0.29, 0.717) is 5.92 Å². The Hall–Kier alpha value is -3.08. The summed E-state index contributed by atoms with van der Waals surface area (Å²) in [5.74, 6) is 2.47. The minimum atomic E-state index is 0.0236. The van der Waals surface area contributed by atoms with E-state index in [4.69, 9.17) is 9.84 Å². The monoisotopic (exact) mass is 428 g/mol. The van der Waals surface area contributed by atoms with Crippen LogP contribution in [0.5, 0.6) is 17.2 Å². The highest BCUT2D eigenvalue weighted by atomic mass is 32.1. The molecule has 3 nitrogen and oxygen atoms in total. The van der Waals surface area contributed by atoms with Crippen molar-refractivity contribution >= 4 is 27.5 Å². The number of hydrogen-bond donors (Lipinski definition) is 2. The quantitative estimate of drug-likeness (QED) is 0.338. The van der Waals surface area contributed by atoms with Gasteiger partial charge in [-0.3, -0.25) is 0 Å². The molecule has 5 rings (SSSR count). The number of aliphatic hydroxyl groups is 1. The Balaban J connectivity index is 1.60. The fourth-order valence-corrected chi connectivity index (χ4v) is 5.28. The molecule has 0 aliphatic heterocycles. The van der Waals surface area contributed by atoms with Crippen LogP contribution in [0.25, 0.3) is 26.6 Å². The summed E-state index contributed by atoms with van der Waals surface area (Å²) in [5, 5.41) is 20.0. The Kier molecular flexibility index (Phi) is 5.49. The van der Waals surface area contributed by atoms with Crippen molar-refractivity contribution in [3.05, 3.63) is 83.9 Å². The highest BCUT2D eigenvalue weighted by Crippen LogP contribution is 2.50. The second-order valence-electron chi connectivity index (χ2n) is 7.91. The lowest BCUT2D eigenvalue weighted by molar-refractivity contribution is 0.343. The van der Waals surface area contributed by atoms with Gasteiger partial charge in [-0.25, -0.2) is 0 Å². The number of ether oxygens (including phenoxy) is 1. The van der Waals surface area contributed by atoms with Crippen molar-refractivity contribution in [2.75, 3.05) is 6.61 Å². The first kappa shape index (κ1) is 19.9. The standard InChI is InChI=1S/C27H24O3S/c28-16-4-5-18-10-13-21(14-11-18)30-26-24-15-12-20(29)17-25(24)31-27(26)23-9-2-1-8-22(23)19-6-3-7-19/h1-2,4-5,8-15,17,19,28-29H,3,6-7,16H2/b5-4+. The van der Waals surface area contributed by atoms with E-state index >= 15 is 0 Å². The van der Waals surface area contributed by atoms with Crippen molar-refractivity contribution in [3.8, 4) is 27.7 Å². The van der Waals surface area contributed by atoms with Crippen molar-refractivity contribution in [1.82, 2.24) is 0 Å². The van der Waals surface area contributed by atoms with Crippen molar-refractivity contribution in [2.45, 2.75) is 25.2 Å². The topological polar surface area (TPSA) is 49.7 Å². The van der Waals surface area contributed by atoms with Crippen LogP contribution >= 0.6 is 11.3 Å². The number of phenolic OH excluding ortho intramolecular Hbond substituents is 1. The third kappa shape index (κ3) is 3.97. The lowest BCUT2D eigenvalue weighted by Gasteiger charge is -2.27.